The number of carbonyl (C=O) groups is 2. The minimum atomic E-state index is -0.523. The Kier molecular flexibility index (Phi) is 6.89. The second-order valence-corrected chi connectivity index (χ2v) is 9.83. The number of nitrogens with one attached hydrogen (secondary N) is 1. The van der Waals surface area contributed by atoms with E-state index in [1.165, 1.54) is 0 Å². The SMILES string of the molecule is CC(C)(C)OC(=O)NC1CCN(C(=O)C2(c3ccc(Br)cc3)CCOCC2)CC1. The van der Waals surface area contributed by atoms with Gasteiger partial charge in [-0.15, -0.1) is 0 Å². The molecular weight excluding hydrogens is 436 g/mol. The Morgan fingerprint density at radius 1 is 1.14 bits per heavy atom. The van der Waals surface area contributed by atoms with Crippen molar-refractivity contribution in [2.45, 2.75) is 63.5 Å². The maximum absolute atomic E-state index is 13.6. The fraction of sp³-hybridized carbons (Fsp3) is 0.636. The van der Waals surface area contributed by atoms with Crippen LogP contribution in [0.5, 0.6) is 0 Å². The molecule has 2 amide bonds. The number of rotatable bonds is 3. The van der Waals surface area contributed by atoms with Gasteiger partial charge in [0, 0.05) is 36.8 Å². The molecule has 1 aromatic rings. The van der Waals surface area contributed by atoms with Crippen LogP contribution in [0, 0.1) is 0 Å². The zero-order valence-corrected chi connectivity index (χ0v) is 19.1. The highest BCUT2D eigenvalue weighted by molar-refractivity contribution is 9.10. The highest BCUT2D eigenvalue weighted by Crippen LogP contribution is 2.38. The number of benzene rings is 1. The topological polar surface area (TPSA) is 67.9 Å². The number of alkyl carbamates (subject to hydrolysis) is 1. The molecular formula is C22H31BrN2O4. The summed E-state index contributed by atoms with van der Waals surface area (Å²) in [6.07, 6.45) is 2.47. The van der Waals surface area contributed by atoms with Gasteiger partial charge in [0.25, 0.3) is 0 Å². The van der Waals surface area contributed by atoms with Gasteiger partial charge in [-0.1, -0.05) is 28.1 Å². The van der Waals surface area contributed by atoms with Gasteiger partial charge in [-0.25, -0.2) is 4.79 Å². The average Bonchev–Trinajstić information content (AvgIpc) is 2.67. The van der Waals surface area contributed by atoms with E-state index in [1.54, 1.807) is 0 Å². The third-order valence-electron chi connectivity index (χ3n) is 5.66. The van der Waals surface area contributed by atoms with Crippen LogP contribution in [0.4, 0.5) is 4.79 Å². The zero-order valence-electron chi connectivity index (χ0n) is 17.5. The van der Waals surface area contributed by atoms with E-state index in [1.807, 2.05) is 49.9 Å². The molecule has 1 aromatic carbocycles. The largest absolute Gasteiger partial charge is 0.444 e. The van der Waals surface area contributed by atoms with Gasteiger partial charge >= 0.3 is 6.09 Å². The highest BCUT2D eigenvalue weighted by Gasteiger charge is 2.44. The fourth-order valence-electron chi connectivity index (χ4n) is 4.12. The second kappa shape index (κ2) is 9.04. The predicted octanol–water partition coefficient (Wildman–Crippen LogP) is 4.01. The van der Waals surface area contributed by atoms with Crippen LogP contribution in [-0.2, 0) is 19.7 Å². The molecule has 0 spiro atoms. The van der Waals surface area contributed by atoms with Crippen molar-refractivity contribution in [1.29, 1.82) is 0 Å². The molecule has 0 unspecified atom stereocenters. The Morgan fingerprint density at radius 3 is 2.28 bits per heavy atom. The first-order valence-electron chi connectivity index (χ1n) is 10.3. The number of halogens is 1. The molecule has 0 saturated carbocycles. The van der Waals surface area contributed by atoms with Gasteiger partial charge in [0.05, 0.1) is 5.41 Å². The molecule has 0 aliphatic carbocycles. The van der Waals surface area contributed by atoms with E-state index in [4.69, 9.17) is 9.47 Å². The van der Waals surface area contributed by atoms with Crippen LogP contribution < -0.4 is 5.32 Å². The number of hydrogen-bond donors (Lipinski definition) is 1. The Morgan fingerprint density at radius 2 is 1.72 bits per heavy atom. The van der Waals surface area contributed by atoms with E-state index in [-0.39, 0.29) is 11.9 Å². The Labute approximate surface area is 181 Å². The van der Waals surface area contributed by atoms with Crippen molar-refractivity contribution >= 4 is 27.9 Å². The maximum atomic E-state index is 13.6. The minimum absolute atomic E-state index is 0.0345. The summed E-state index contributed by atoms with van der Waals surface area (Å²) in [4.78, 5) is 27.6. The molecule has 0 bridgehead atoms. The molecule has 2 heterocycles. The standard InChI is InChI=1S/C22H31BrN2O4/c1-21(2,3)29-20(27)24-18-8-12-25(13-9-18)19(26)22(10-14-28-15-11-22)16-4-6-17(23)7-5-16/h4-7,18H,8-15H2,1-3H3,(H,24,27). The first-order chi connectivity index (χ1) is 13.7. The van der Waals surface area contributed by atoms with Gasteiger partial charge < -0.3 is 19.7 Å². The summed E-state index contributed by atoms with van der Waals surface area (Å²) in [7, 11) is 0. The normalized spacial score (nSPS) is 20.2. The molecule has 6 nitrogen and oxygen atoms in total. The first-order valence-corrected chi connectivity index (χ1v) is 11.1. The summed E-state index contributed by atoms with van der Waals surface area (Å²) in [5, 5.41) is 2.94. The molecule has 160 valence electrons. The smallest absolute Gasteiger partial charge is 0.407 e. The van der Waals surface area contributed by atoms with E-state index in [9.17, 15) is 9.59 Å². The molecule has 0 aromatic heterocycles. The molecule has 2 aliphatic rings. The molecule has 0 atom stereocenters. The van der Waals surface area contributed by atoms with E-state index in [0.29, 0.717) is 39.1 Å². The lowest BCUT2D eigenvalue weighted by atomic mass is 9.72. The van der Waals surface area contributed by atoms with Crippen LogP contribution in [-0.4, -0.2) is 54.8 Å². The van der Waals surface area contributed by atoms with Gasteiger partial charge in [-0.2, -0.15) is 0 Å². The van der Waals surface area contributed by atoms with Crippen molar-refractivity contribution in [2.75, 3.05) is 26.3 Å². The van der Waals surface area contributed by atoms with Gasteiger partial charge in [-0.05, 0) is 64.2 Å². The van der Waals surface area contributed by atoms with Crippen LogP contribution >= 0.6 is 15.9 Å². The number of amides is 2. The number of hydrogen-bond acceptors (Lipinski definition) is 4. The summed E-state index contributed by atoms with van der Waals surface area (Å²) in [6.45, 7) is 8.02. The lowest BCUT2D eigenvalue weighted by Crippen LogP contribution is -2.54. The number of piperidine rings is 1. The highest BCUT2D eigenvalue weighted by atomic mass is 79.9. The van der Waals surface area contributed by atoms with Gasteiger partial charge in [0.2, 0.25) is 5.91 Å². The van der Waals surface area contributed by atoms with Crippen molar-refractivity contribution in [1.82, 2.24) is 10.2 Å². The third-order valence-corrected chi connectivity index (χ3v) is 6.18. The van der Waals surface area contributed by atoms with E-state index in [0.717, 1.165) is 22.9 Å². The van der Waals surface area contributed by atoms with Gasteiger partial charge in [0.1, 0.15) is 5.60 Å². The number of nitrogens with zero attached hydrogens (tertiary/aromatic N) is 1. The summed E-state index contributed by atoms with van der Waals surface area (Å²) in [5.74, 6) is 0.179. The Balaban J connectivity index is 1.65. The Hall–Kier alpha value is -1.60. The molecule has 7 heteroatoms. The first kappa shape index (κ1) is 22.1. The summed E-state index contributed by atoms with van der Waals surface area (Å²) in [6, 6.07) is 8.12. The lowest BCUT2D eigenvalue weighted by Gasteiger charge is -2.42. The van der Waals surface area contributed by atoms with Crippen LogP contribution in [0.2, 0.25) is 0 Å². The van der Waals surface area contributed by atoms with Crippen molar-refractivity contribution in [2.24, 2.45) is 0 Å². The zero-order chi connectivity index (χ0) is 21.1. The Bertz CT molecular complexity index is 715. The van der Waals surface area contributed by atoms with Crippen molar-refractivity contribution in [3.63, 3.8) is 0 Å². The molecule has 2 saturated heterocycles. The molecule has 29 heavy (non-hydrogen) atoms. The monoisotopic (exact) mass is 466 g/mol. The van der Waals surface area contributed by atoms with Crippen LogP contribution in [0.25, 0.3) is 0 Å². The molecule has 2 fully saturated rings. The summed E-state index contributed by atoms with van der Waals surface area (Å²) in [5.41, 5.74) is 0.0219. The molecule has 3 rings (SSSR count). The number of ether oxygens (including phenoxy) is 2. The average molecular weight is 467 g/mol. The molecule has 2 aliphatic heterocycles. The quantitative estimate of drug-likeness (QED) is 0.730. The van der Waals surface area contributed by atoms with Crippen LogP contribution in [0.3, 0.4) is 0 Å². The van der Waals surface area contributed by atoms with Crippen molar-refractivity contribution in [3.05, 3.63) is 34.3 Å². The lowest BCUT2D eigenvalue weighted by molar-refractivity contribution is -0.142. The van der Waals surface area contributed by atoms with Crippen molar-refractivity contribution in [3.8, 4) is 0 Å². The van der Waals surface area contributed by atoms with Crippen molar-refractivity contribution < 1.29 is 19.1 Å². The van der Waals surface area contributed by atoms with Crippen LogP contribution in [0.15, 0.2) is 28.7 Å². The van der Waals surface area contributed by atoms with E-state index in [2.05, 4.69) is 21.2 Å². The summed E-state index contributed by atoms with van der Waals surface area (Å²) >= 11 is 3.48. The molecule has 1 N–H and O–H groups in total. The van der Waals surface area contributed by atoms with Crippen LogP contribution in [0.1, 0.15) is 52.0 Å². The molecule has 0 radical (unpaired) electrons. The minimum Gasteiger partial charge on any atom is -0.444 e. The third kappa shape index (κ3) is 5.51. The number of carbonyl (C=O) groups excluding carboxylic acids is 2. The number of likely N-dealkylation sites (tertiary alicyclic amines) is 1. The second-order valence-electron chi connectivity index (χ2n) is 8.91. The van der Waals surface area contributed by atoms with Gasteiger partial charge in [0.15, 0.2) is 0 Å². The van der Waals surface area contributed by atoms with E-state index < -0.39 is 17.1 Å². The summed E-state index contributed by atoms with van der Waals surface area (Å²) < 4.78 is 11.9. The van der Waals surface area contributed by atoms with Gasteiger partial charge in [-0.3, -0.25) is 4.79 Å². The van der Waals surface area contributed by atoms with E-state index >= 15 is 0 Å². The predicted molar refractivity (Wildman–Crippen MR) is 115 cm³/mol. The fourth-order valence-corrected chi connectivity index (χ4v) is 4.38. The maximum Gasteiger partial charge on any atom is 0.407 e.